The van der Waals surface area contributed by atoms with Crippen LogP contribution >= 0.6 is 23.5 Å². The minimum atomic E-state index is -4.24. The number of rotatable bonds is 46. The predicted molar refractivity (Wildman–Crippen MR) is 242 cm³/mol. The van der Waals surface area contributed by atoms with Gasteiger partial charge < -0.3 is 0 Å². The third kappa shape index (κ3) is 31.6. The molecule has 0 aromatic heterocycles. The molecule has 17 heteroatoms. The van der Waals surface area contributed by atoms with Gasteiger partial charge in [-0.15, -0.1) is 0 Å². The van der Waals surface area contributed by atoms with Crippen molar-refractivity contribution in [2.75, 3.05) is 19.8 Å². The van der Waals surface area contributed by atoms with Crippen LogP contribution < -0.4 is 0 Å². The first-order chi connectivity index (χ1) is 28.8. The fraction of sp³-hybridized carbons (Fsp3) is 1.00. The summed E-state index contributed by atoms with van der Waals surface area (Å²) in [5, 5.41) is 0. The summed E-state index contributed by atoms with van der Waals surface area (Å²) in [7, 11) is -11.7. The van der Waals surface area contributed by atoms with Gasteiger partial charge in [-0.25, -0.2) is 0 Å². The summed E-state index contributed by atoms with van der Waals surface area (Å²) in [5.41, 5.74) is 0. The van der Waals surface area contributed by atoms with E-state index in [0.29, 0.717) is 6.42 Å². The number of phosphoric acid groups is 3. The van der Waals surface area contributed by atoms with E-state index in [0.717, 1.165) is 57.8 Å². The Labute approximate surface area is 381 Å². The Balaban J connectivity index is 1.64. The van der Waals surface area contributed by atoms with Gasteiger partial charge >= 0.3 is 286 Å². The molecule has 2 aliphatic rings. The van der Waals surface area contributed by atoms with Crippen LogP contribution in [0.15, 0.2) is 0 Å². The van der Waals surface area contributed by atoms with Crippen molar-refractivity contribution in [2.24, 2.45) is 0 Å². The monoisotopic (exact) mass is 1110 g/mol. The molecule has 0 radical (unpaired) electrons. The van der Waals surface area contributed by atoms with Gasteiger partial charge in [0.05, 0.1) is 0 Å². The molecule has 0 amide bonds. The van der Waals surface area contributed by atoms with E-state index in [9.17, 15) is 13.7 Å². The molecule has 12 nitrogen and oxygen atoms in total. The maximum atomic E-state index is 13.8. The van der Waals surface area contributed by atoms with Crippen LogP contribution in [0.2, 0.25) is 0 Å². The zero-order valence-corrected chi connectivity index (χ0v) is 47.2. The number of hydrogen-bond acceptors (Lipinski definition) is 12. The third-order valence-electron chi connectivity index (χ3n) is 11.0. The van der Waals surface area contributed by atoms with E-state index in [1.54, 1.807) is 0 Å². The molecule has 2 heterocycles. The summed E-state index contributed by atoms with van der Waals surface area (Å²) in [5.74, 6) is 0. The Hall–Kier alpha value is 2.07. The summed E-state index contributed by atoms with van der Waals surface area (Å²) in [4.78, 5) is 0. The normalized spacial score (nSPS) is 16.1. The SMILES string of the molecule is CCCCCCCCCCCCCCOP1(=O)[O][In]([O]P(=O)(OCCCCCCCCCCCCCC)[O][In]2[O]P(=O)(OCCCCCCCCCCCCCC)[O]2)[O]1. The molecule has 0 aromatic carbocycles. The van der Waals surface area contributed by atoms with Crippen LogP contribution in [-0.2, 0) is 43.1 Å². The molecule has 0 N–H and O–H groups in total. The van der Waals surface area contributed by atoms with Gasteiger partial charge in [-0.3, -0.25) is 0 Å². The van der Waals surface area contributed by atoms with Gasteiger partial charge in [-0.1, -0.05) is 97.8 Å². The molecule has 0 saturated carbocycles. The molecule has 2 fully saturated rings. The van der Waals surface area contributed by atoms with Crippen molar-refractivity contribution < 1.29 is 43.1 Å². The molecule has 0 bridgehead atoms. The first kappa shape index (κ1) is 57.2. The molecule has 0 unspecified atom stereocenters. The quantitative estimate of drug-likeness (QED) is 0.0424. The molecule has 0 atom stereocenters. The fourth-order valence-electron chi connectivity index (χ4n) is 7.29. The minimum absolute atomic E-state index is 0.131. The first-order valence-corrected chi connectivity index (χ1v) is 37.0. The van der Waals surface area contributed by atoms with Crippen molar-refractivity contribution in [3.63, 3.8) is 0 Å². The van der Waals surface area contributed by atoms with E-state index in [-0.39, 0.29) is 19.8 Å². The van der Waals surface area contributed by atoms with Crippen LogP contribution in [0.25, 0.3) is 0 Å². The Morgan fingerprint density at radius 1 is 0.356 bits per heavy atom. The summed E-state index contributed by atoms with van der Waals surface area (Å²) < 4.78 is 89.2. The molecule has 0 aromatic rings. The van der Waals surface area contributed by atoms with Gasteiger partial charge in [0.2, 0.25) is 0 Å². The second-order valence-electron chi connectivity index (χ2n) is 16.7. The molecular formula is C42H87In2O12P3. The van der Waals surface area contributed by atoms with Gasteiger partial charge in [-0.2, -0.15) is 0 Å². The van der Waals surface area contributed by atoms with Crippen LogP contribution in [0.4, 0.5) is 0 Å². The summed E-state index contributed by atoms with van der Waals surface area (Å²) in [6, 6.07) is 0. The van der Waals surface area contributed by atoms with Crippen LogP contribution in [0.1, 0.15) is 252 Å². The average Bonchev–Trinajstić information content (AvgIpc) is 3.19. The Kier molecular flexibility index (Phi) is 37.0. The van der Waals surface area contributed by atoms with Gasteiger partial charge in [0.15, 0.2) is 0 Å². The Bertz CT molecular complexity index is 1040. The zero-order chi connectivity index (χ0) is 42.6. The van der Waals surface area contributed by atoms with Crippen LogP contribution in [-0.4, -0.2) is 65.3 Å². The van der Waals surface area contributed by atoms with Crippen molar-refractivity contribution in [1.29, 1.82) is 0 Å². The molecule has 59 heavy (non-hydrogen) atoms. The van der Waals surface area contributed by atoms with E-state index in [2.05, 4.69) is 20.8 Å². The summed E-state index contributed by atoms with van der Waals surface area (Å²) in [6.45, 7) is 7.38. The number of hydrogen-bond donors (Lipinski definition) is 0. The van der Waals surface area contributed by atoms with Gasteiger partial charge in [-0.05, 0) is 0 Å². The van der Waals surface area contributed by atoms with E-state index >= 15 is 0 Å². The van der Waals surface area contributed by atoms with Crippen molar-refractivity contribution in [2.45, 2.75) is 252 Å². The average molecular weight is 1110 g/mol. The first-order valence-electron chi connectivity index (χ1n) is 24.6. The van der Waals surface area contributed by atoms with Crippen LogP contribution in [0.5, 0.6) is 0 Å². The van der Waals surface area contributed by atoms with E-state index in [1.807, 2.05) is 0 Å². The zero-order valence-electron chi connectivity index (χ0n) is 38.0. The van der Waals surface area contributed by atoms with Crippen molar-refractivity contribution in [3.8, 4) is 0 Å². The Morgan fingerprint density at radius 2 is 0.576 bits per heavy atom. The van der Waals surface area contributed by atoms with E-state index in [4.69, 9.17) is 29.4 Å². The molecule has 348 valence electrons. The molecule has 2 saturated heterocycles. The fourth-order valence-corrected chi connectivity index (χ4v) is 32.1. The summed E-state index contributed by atoms with van der Waals surface area (Å²) in [6.07, 6.45) is 43.4. The van der Waals surface area contributed by atoms with E-state index < -0.39 is 69.0 Å². The number of unbranched alkanes of at least 4 members (excludes halogenated alkanes) is 33. The standard InChI is InChI=1S/3C14H31O4P.2In/c3*1-2-3-4-5-6-7-8-9-10-11-12-13-14-18-19(15,16)17;;/h3*2-14H2,1H3,(H2,15,16,17);;/q;;;2*+3/p-6. The van der Waals surface area contributed by atoms with Gasteiger partial charge in [0.25, 0.3) is 0 Å². The maximum absolute atomic E-state index is 13.8. The summed E-state index contributed by atoms with van der Waals surface area (Å²) >= 11 is -7.89. The van der Waals surface area contributed by atoms with Crippen molar-refractivity contribution >= 4 is 69.0 Å². The van der Waals surface area contributed by atoms with Gasteiger partial charge in [0.1, 0.15) is 0 Å². The van der Waals surface area contributed by atoms with E-state index in [1.165, 1.54) is 167 Å². The van der Waals surface area contributed by atoms with Crippen LogP contribution in [0, 0.1) is 0 Å². The molecule has 2 rings (SSSR count). The molecule has 0 spiro atoms. The second kappa shape index (κ2) is 38.2. The van der Waals surface area contributed by atoms with Gasteiger partial charge in [0, 0.05) is 0 Å². The molecule has 0 aliphatic carbocycles. The topological polar surface area (TPSA) is 134 Å². The molecular weight excluding hydrogens is 1020 g/mol. The Morgan fingerprint density at radius 3 is 0.831 bits per heavy atom. The predicted octanol–water partition coefficient (Wildman–Crippen LogP) is 16.6. The second-order valence-corrected chi connectivity index (χ2v) is 35.6. The third-order valence-corrected chi connectivity index (χ3v) is 37.2. The van der Waals surface area contributed by atoms with Crippen molar-refractivity contribution in [3.05, 3.63) is 0 Å². The van der Waals surface area contributed by atoms with Crippen molar-refractivity contribution in [1.82, 2.24) is 0 Å². The molecule has 2 aliphatic heterocycles. The van der Waals surface area contributed by atoms with Crippen LogP contribution in [0.3, 0.4) is 0 Å².